The summed E-state index contributed by atoms with van der Waals surface area (Å²) in [4.78, 5) is 0. The Morgan fingerprint density at radius 2 is 1.76 bits per heavy atom. The van der Waals surface area contributed by atoms with E-state index in [4.69, 9.17) is 0 Å². The largest absolute Gasteiger partial charge is 0.102 e. The maximum Gasteiger partial charge on any atom is 0.00205 e. The first-order chi connectivity index (χ1) is 8.13. The Morgan fingerprint density at radius 1 is 1.18 bits per heavy atom. The number of benzene rings is 1. The smallest absolute Gasteiger partial charge is 0.00205 e. The molecule has 0 saturated heterocycles. The summed E-state index contributed by atoms with van der Waals surface area (Å²) in [7, 11) is 0. The highest BCUT2D eigenvalue weighted by Crippen LogP contribution is 2.30. The van der Waals surface area contributed by atoms with E-state index in [1.54, 1.807) is 0 Å². The Labute approximate surface area is 107 Å². The number of hydrogen-bond acceptors (Lipinski definition) is 0. The Hall–Kier alpha value is -1.04. The predicted molar refractivity (Wildman–Crippen MR) is 77.8 cm³/mol. The standard InChI is InChI=1S/C17H26/c1-6-9-10-16(8-3)17-13(4)11-15(7-2)12-14(17)5/h8,11-12,16H,3,6-7,9-10H2,1-2,4-5H3. The molecule has 1 atom stereocenters. The van der Waals surface area contributed by atoms with Crippen molar-refractivity contribution < 1.29 is 0 Å². The van der Waals surface area contributed by atoms with E-state index in [0.717, 1.165) is 6.42 Å². The summed E-state index contributed by atoms with van der Waals surface area (Å²) in [5.74, 6) is 0.529. The first-order valence-corrected chi connectivity index (χ1v) is 6.86. The second kappa shape index (κ2) is 6.64. The molecular formula is C17H26. The topological polar surface area (TPSA) is 0 Å². The van der Waals surface area contributed by atoms with Gasteiger partial charge in [-0.05, 0) is 48.9 Å². The third-order valence-electron chi connectivity index (χ3n) is 3.59. The molecule has 0 aromatic heterocycles. The minimum atomic E-state index is 0.529. The Bertz CT molecular complexity index is 351. The van der Waals surface area contributed by atoms with Crippen LogP contribution in [-0.2, 0) is 6.42 Å². The number of rotatable bonds is 6. The molecule has 0 amide bonds. The molecule has 0 spiro atoms. The highest BCUT2D eigenvalue weighted by molar-refractivity contribution is 5.41. The van der Waals surface area contributed by atoms with E-state index >= 15 is 0 Å². The van der Waals surface area contributed by atoms with Crippen molar-refractivity contribution >= 4 is 0 Å². The van der Waals surface area contributed by atoms with Crippen molar-refractivity contribution in [2.45, 2.75) is 59.3 Å². The van der Waals surface area contributed by atoms with Crippen molar-refractivity contribution in [2.75, 3.05) is 0 Å². The van der Waals surface area contributed by atoms with E-state index in [-0.39, 0.29) is 0 Å². The Kier molecular flexibility index (Phi) is 5.47. The SMILES string of the molecule is C=CC(CCCC)c1c(C)cc(CC)cc1C. The van der Waals surface area contributed by atoms with Gasteiger partial charge in [-0.2, -0.15) is 0 Å². The van der Waals surface area contributed by atoms with Gasteiger partial charge in [0.2, 0.25) is 0 Å². The zero-order chi connectivity index (χ0) is 12.8. The van der Waals surface area contributed by atoms with Crippen LogP contribution in [0.5, 0.6) is 0 Å². The molecule has 0 bridgehead atoms. The molecule has 0 aliphatic carbocycles. The molecule has 0 radical (unpaired) electrons. The second-order valence-electron chi connectivity index (χ2n) is 4.98. The summed E-state index contributed by atoms with van der Waals surface area (Å²) in [5, 5.41) is 0. The second-order valence-corrected chi connectivity index (χ2v) is 4.98. The molecule has 1 aromatic rings. The van der Waals surface area contributed by atoms with Crippen molar-refractivity contribution in [3.8, 4) is 0 Å². The average molecular weight is 230 g/mol. The molecule has 0 aliphatic heterocycles. The number of hydrogen-bond donors (Lipinski definition) is 0. The van der Waals surface area contributed by atoms with Crippen LogP contribution < -0.4 is 0 Å². The first kappa shape index (κ1) is 14.0. The van der Waals surface area contributed by atoms with Crippen LogP contribution in [0.3, 0.4) is 0 Å². The maximum absolute atomic E-state index is 4.02. The van der Waals surface area contributed by atoms with Gasteiger partial charge in [-0.15, -0.1) is 6.58 Å². The molecule has 1 aromatic carbocycles. The predicted octanol–water partition coefficient (Wildman–Crippen LogP) is 5.33. The monoisotopic (exact) mass is 230 g/mol. The van der Waals surface area contributed by atoms with Gasteiger partial charge in [0.15, 0.2) is 0 Å². The van der Waals surface area contributed by atoms with Gasteiger partial charge in [-0.1, -0.05) is 44.9 Å². The summed E-state index contributed by atoms with van der Waals surface area (Å²) in [6.45, 7) is 13.0. The zero-order valence-corrected chi connectivity index (χ0v) is 11.8. The third kappa shape index (κ3) is 3.46. The van der Waals surface area contributed by atoms with Crippen LogP contribution in [0.2, 0.25) is 0 Å². The minimum Gasteiger partial charge on any atom is -0.102 e. The lowest BCUT2D eigenvalue weighted by atomic mass is 9.86. The fourth-order valence-corrected chi connectivity index (χ4v) is 2.66. The quantitative estimate of drug-likeness (QED) is 0.580. The van der Waals surface area contributed by atoms with Gasteiger partial charge in [0, 0.05) is 5.92 Å². The normalized spacial score (nSPS) is 12.5. The lowest BCUT2D eigenvalue weighted by Crippen LogP contribution is -2.02. The molecule has 17 heavy (non-hydrogen) atoms. The van der Waals surface area contributed by atoms with Gasteiger partial charge in [0.1, 0.15) is 0 Å². The summed E-state index contributed by atoms with van der Waals surface area (Å²) in [6, 6.07) is 4.68. The number of unbranched alkanes of at least 4 members (excludes halogenated alkanes) is 1. The molecule has 0 fully saturated rings. The van der Waals surface area contributed by atoms with Crippen LogP contribution in [0.1, 0.15) is 61.3 Å². The Morgan fingerprint density at radius 3 is 2.18 bits per heavy atom. The lowest BCUT2D eigenvalue weighted by Gasteiger charge is -2.19. The van der Waals surface area contributed by atoms with Crippen molar-refractivity contribution in [2.24, 2.45) is 0 Å². The van der Waals surface area contributed by atoms with E-state index < -0.39 is 0 Å². The van der Waals surface area contributed by atoms with Gasteiger partial charge in [0.25, 0.3) is 0 Å². The fourth-order valence-electron chi connectivity index (χ4n) is 2.66. The van der Waals surface area contributed by atoms with Crippen LogP contribution >= 0.6 is 0 Å². The van der Waals surface area contributed by atoms with Gasteiger partial charge in [-0.3, -0.25) is 0 Å². The molecule has 1 rings (SSSR count). The molecule has 94 valence electrons. The molecule has 1 unspecified atom stereocenters. The third-order valence-corrected chi connectivity index (χ3v) is 3.59. The molecule has 0 aliphatic rings. The van der Waals surface area contributed by atoms with Crippen LogP contribution in [0, 0.1) is 13.8 Å². The van der Waals surface area contributed by atoms with Crippen LogP contribution in [-0.4, -0.2) is 0 Å². The summed E-state index contributed by atoms with van der Waals surface area (Å²) < 4.78 is 0. The highest BCUT2D eigenvalue weighted by atomic mass is 14.2. The molecule has 0 saturated carbocycles. The summed E-state index contributed by atoms with van der Waals surface area (Å²) in [6.07, 6.45) is 7.01. The van der Waals surface area contributed by atoms with Gasteiger partial charge >= 0.3 is 0 Å². The molecular weight excluding hydrogens is 204 g/mol. The Balaban J connectivity index is 3.06. The first-order valence-electron chi connectivity index (χ1n) is 6.86. The molecule has 0 nitrogen and oxygen atoms in total. The average Bonchev–Trinajstić information content (AvgIpc) is 2.32. The van der Waals surface area contributed by atoms with Gasteiger partial charge in [0.05, 0.1) is 0 Å². The molecule has 0 heteroatoms. The van der Waals surface area contributed by atoms with Crippen molar-refractivity contribution in [1.29, 1.82) is 0 Å². The van der Waals surface area contributed by atoms with Crippen LogP contribution in [0.15, 0.2) is 24.8 Å². The van der Waals surface area contributed by atoms with E-state index in [1.165, 1.54) is 41.5 Å². The number of allylic oxidation sites excluding steroid dienone is 1. The van der Waals surface area contributed by atoms with Crippen molar-refractivity contribution in [3.63, 3.8) is 0 Å². The van der Waals surface area contributed by atoms with Gasteiger partial charge < -0.3 is 0 Å². The molecule has 0 N–H and O–H groups in total. The van der Waals surface area contributed by atoms with E-state index in [9.17, 15) is 0 Å². The maximum atomic E-state index is 4.02. The summed E-state index contributed by atoms with van der Waals surface area (Å²) >= 11 is 0. The minimum absolute atomic E-state index is 0.529. The molecule has 0 heterocycles. The van der Waals surface area contributed by atoms with Crippen LogP contribution in [0.4, 0.5) is 0 Å². The van der Waals surface area contributed by atoms with Crippen LogP contribution in [0.25, 0.3) is 0 Å². The zero-order valence-electron chi connectivity index (χ0n) is 11.8. The van der Waals surface area contributed by atoms with E-state index in [1.807, 2.05) is 0 Å². The summed E-state index contributed by atoms with van der Waals surface area (Å²) in [5.41, 5.74) is 5.82. The van der Waals surface area contributed by atoms with Crippen molar-refractivity contribution in [1.82, 2.24) is 0 Å². The van der Waals surface area contributed by atoms with Crippen molar-refractivity contribution in [3.05, 3.63) is 47.0 Å². The highest BCUT2D eigenvalue weighted by Gasteiger charge is 2.13. The van der Waals surface area contributed by atoms with E-state index in [0.29, 0.717) is 5.92 Å². The number of aryl methyl sites for hydroxylation is 3. The lowest BCUT2D eigenvalue weighted by molar-refractivity contribution is 0.659. The van der Waals surface area contributed by atoms with E-state index in [2.05, 4.69) is 52.5 Å². The van der Waals surface area contributed by atoms with Gasteiger partial charge in [-0.25, -0.2) is 0 Å². The fraction of sp³-hybridized carbons (Fsp3) is 0.529.